The second-order valence-corrected chi connectivity index (χ2v) is 7.75. The van der Waals surface area contributed by atoms with Gasteiger partial charge in [0.2, 0.25) is 0 Å². The Bertz CT molecular complexity index is 502. The lowest BCUT2D eigenvalue weighted by atomic mass is 9.85. The maximum atomic E-state index is 12.6. The Morgan fingerprint density at radius 2 is 2.14 bits per heavy atom. The number of nitrogen functional groups attached to an aromatic ring is 1. The average molecular weight is 310 g/mol. The highest BCUT2D eigenvalue weighted by Crippen LogP contribution is 2.31. The lowest BCUT2D eigenvalue weighted by molar-refractivity contribution is 0.0712. The third kappa shape index (κ3) is 4.09. The van der Waals surface area contributed by atoms with Crippen molar-refractivity contribution >= 4 is 28.2 Å². The van der Waals surface area contributed by atoms with Gasteiger partial charge in [0.05, 0.1) is 0 Å². The Labute approximate surface area is 130 Å². The van der Waals surface area contributed by atoms with Gasteiger partial charge in [-0.25, -0.2) is 4.98 Å². The molecule has 0 spiro atoms. The molecule has 0 atom stereocenters. The monoisotopic (exact) mass is 310 g/mol. The van der Waals surface area contributed by atoms with Crippen molar-refractivity contribution in [3.8, 4) is 0 Å². The number of carbonyl (C=O) groups is 1. The van der Waals surface area contributed by atoms with E-state index in [1.54, 1.807) is 0 Å². The minimum absolute atomic E-state index is 0.0151. The fraction of sp³-hybridized carbons (Fsp3) is 0.733. The molecule has 1 heterocycles. The second-order valence-electron chi connectivity index (χ2n) is 6.75. The van der Waals surface area contributed by atoms with E-state index in [-0.39, 0.29) is 11.4 Å². The van der Waals surface area contributed by atoms with Crippen molar-refractivity contribution in [1.82, 2.24) is 9.88 Å². The highest BCUT2D eigenvalue weighted by Gasteiger charge is 2.26. The van der Waals surface area contributed by atoms with Crippen LogP contribution in [0.1, 0.15) is 56.6 Å². The smallest absolute Gasteiger partial charge is 0.267 e. The molecule has 0 radical (unpaired) electrons. The minimum atomic E-state index is -0.0962. The predicted octanol–water partition coefficient (Wildman–Crippen LogP) is 3.20. The summed E-state index contributed by atoms with van der Waals surface area (Å²) >= 11 is 1.35. The fourth-order valence-corrected chi connectivity index (χ4v) is 3.41. The van der Waals surface area contributed by atoms with Crippen molar-refractivity contribution < 1.29 is 4.79 Å². The first-order chi connectivity index (χ1) is 9.80. The molecule has 1 amide bonds. The summed E-state index contributed by atoms with van der Waals surface area (Å²) in [7, 11) is 0. The lowest BCUT2D eigenvalue weighted by Crippen LogP contribution is -2.37. The molecule has 21 heavy (non-hydrogen) atoms. The van der Waals surface area contributed by atoms with Crippen LogP contribution in [0, 0.1) is 5.92 Å². The molecule has 2 rings (SSSR count). The largest absolute Gasteiger partial charge is 0.382 e. The number of nitrogens with one attached hydrogen (secondary N) is 1. The summed E-state index contributed by atoms with van der Waals surface area (Å²) in [4.78, 5) is 19.4. The van der Waals surface area contributed by atoms with Crippen LogP contribution in [0.25, 0.3) is 0 Å². The molecule has 3 N–H and O–H groups in total. The van der Waals surface area contributed by atoms with Gasteiger partial charge >= 0.3 is 0 Å². The summed E-state index contributed by atoms with van der Waals surface area (Å²) in [6.07, 6.45) is 3.76. The summed E-state index contributed by atoms with van der Waals surface area (Å²) in [5.74, 6) is 1.01. The van der Waals surface area contributed by atoms with Crippen LogP contribution in [0.2, 0.25) is 0 Å². The molecule has 1 aromatic heterocycles. The highest BCUT2D eigenvalue weighted by atomic mass is 32.1. The van der Waals surface area contributed by atoms with Crippen LogP contribution < -0.4 is 11.1 Å². The number of amides is 1. The van der Waals surface area contributed by atoms with Gasteiger partial charge in [-0.15, -0.1) is 0 Å². The molecule has 0 aromatic carbocycles. The van der Waals surface area contributed by atoms with Gasteiger partial charge < -0.3 is 16.0 Å². The molecule has 1 fully saturated rings. The number of anilines is 2. The molecular formula is C15H26N4OS. The van der Waals surface area contributed by atoms with Crippen LogP contribution in [0.5, 0.6) is 0 Å². The van der Waals surface area contributed by atoms with Crippen molar-refractivity contribution in [2.24, 2.45) is 5.92 Å². The molecular weight excluding hydrogens is 284 g/mol. The summed E-state index contributed by atoms with van der Waals surface area (Å²) in [5.41, 5.74) is 5.85. The maximum Gasteiger partial charge on any atom is 0.267 e. The number of nitrogens with zero attached hydrogens (tertiary/aromatic N) is 2. The highest BCUT2D eigenvalue weighted by molar-refractivity contribution is 7.18. The molecule has 5 nitrogen and oxygen atoms in total. The minimum Gasteiger partial charge on any atom is -0.382 e. The molecule has 1 aliphatic carbocycles. The summed E-state index contributed by atoms with van der Waals surface area (Å²) < 4.78 is 0. The lowest BCUT2D eigenvalue weighted by Gasteiger charge is -2.31. The van der Waals surface area contributed by atoms with Gasteiger partial charge in [0.25, 0.3) is 5.91 Å². The number of carbonyl (C=O) groups excluding carboxylic acids is 1. The van der Waals surface area contributed by atoms with Crippen LogP contribution in [0.3, 0.4) is 0 Å². The van der Waals surface area contributed by atoms with Crippen LogP contribution in [0.4, 0.5) is 10.9 Å². The van der Waals surface area contributed by atoms with Gasteiger partial charge in [0, 0.05) is 18.6 Å². The number of rotatable bonds is 5. The number of nitrogens with two attached hydrogens (primary N) is 1. The zero-order valence-corrected chi connectivity index (χ0v) is 14.2. The summed E-state index contributed by atoms with van der Waals surface area (Å²) in [6.45, 7) is 9.74. The molecule has 0 aliphatic heterocycles. The molecule has 0 saturated heterocycles. The Hall–Kier alpha value is -1.30. The van der Waals surface area contributed by atoms with E-state index in [1.807, 2.05) is 11.8 Å². The fourth-order valence-electron chi connectivity index (χ4n) is 2.35. The zero-order valence-electron chi connectivity index (χ0n) is 13.4. The third-order valence-electron chi connectivity index (χ3n) is 3.70. The maximum absolute atomic E-state index is 12.6. The van der Waals surface area contributed by atoms with Crippen molar-refractivity contribution in [3.63, 3.8) is 0 Å². The van der Waals surface area contributed by atoms with Crippen LogP contribution in [0.15, 0.2) is 0 Å². The quantitative estimate of drug-likeness (QED) is 0.876. The molecule has 1 aromatic rings. The molecule has 1 saturated carbocycles. The standard InChI is InChI=1S/C15H26N4OS/c1-5-19(9-10-7-6-8-10)13(20)11-12(16)17-14(21-11)18-15(2,3)4/h10H,5-9,16H2,1-4H3,(H,17,18). The van der Waals surface area contributed by atoms with Gasteiger partial charge in [0.15, 0.2) is 5.13 Å². The van der Waals surface area contributed by atoms with E-state index in [0.717, 1.165) is 6.54 Å². The summed E-state index contributed by atoms with van der Waals surface area (Å²) in [6, 6.07) is 0. The number of aromatic nitrogens is 1. The van der Waals surface area contributed by atoms with E-state index in [2.05, 4.69) is 31.1 Å². The first-order valence-electron chi connectivity index (χ1n) is 7.64. The van der Waals surface area contributed by atoms with Gasteiger partial charge in [0.1, 0.15) is 10.7 Å². The number of thiazole rings is 1. The van der Waals surface area contributed by atoms with Crippen LogP contribution >= 0.6 is 11.3 Å². The van der Waals surface area contributed by atoms with Crippen molar-refractivity contribution in [2.75, 3.05) is 24.1 Å². The topological polar surface area (TPSA) is 71.2 Å². The van der Waals surface area contributed by atoms with Gasteiger partial charge in [-0.05, 0) is 46.5 Å². The van der Waals surface area contributed by atoms with E-state index in [1.165, 1.54) is 30.6 Å². The molecule has 1 aliphatic rings. The average Bonchev–Trinajstić information content (AvgIpc) is 2.66. The third-order valence-corrected chi connectivity index (χ3v) is 4.68. The molecule has 0 unspecified atom stereocenters. The van der Waals surface area contributed by atoms with E-state index in [9.17, 15) is 4.79 Å². The van der Waals surface area contributed by atoms with E-state index in [0.29, 0.717) is 28.3 Å². The molecule has 6 heteroatoms. The van der Waals surface area contributed by atoms with Crippen molar-refractivity contribution in [1.29, 1.82) is 0 Å². The second kappa shape index (κ2) is 6.22. The Morgan fingerprint density at radius 3 is 2.62 bits per heavy atom. The molecule has 0 bridgehead atoms. The van der Waals surface area contributed by atoms with Gasteiger partial charge in [-0.1, -0.05) is 17.8 Å². The normalized spacial score (nSPS) is 15.6. The Kier molecular flexibility index (Phi) is 4.76. The van der Waals surface area contributed by atoms with Crippen molar-refractivity contribution in [2.45, 2.75) is 52.5 Å². The van der Waals surface area contributed by atoms with E-state index >= 15 is 0 Å². The first kappa shape index (κ1) is 16.1. The molecule has 118 valence electrons. The van der Waals surface area contributed by atoms with Gasteiger partial charge in [-0.2, -0.15) is 0 Å². The Morgan fingerprint density at radius 1 is 1.48 bits per heavy atom. The summed E-state index contributed by atoms with van der Waals surface area (Å²) in [5, 5.41) is 3.99. The van der Waals surface area contributed by atoms with Crippen LogP contribution in [-0.4, -0.2) is 34.4 Å². The number of hydrogen-bond donors (Lipinski definition) is 2. The van der Waals surface area contributed by atoms with E-state index < -0.39 is 0 Å². The van der Waals surface area contributed by atoms with Gasteiger partial charge in [-0.3, -0.25) is 4.79 Å². The predicted molar refractivity (Wildman–Crippen MR) is 88.8 cm³/mol. The van der Waals surface area contributed by atoms with Crippen LogP contribution in [-0.2, 0) is 0 Å². The first-order valence-corrected chi connectivity index (χ1v) is 8.45. The van der Waals surface area contributed by atoms with E-state index in [4.69, 9.17) is 5.73 Å². The number of hydrogen-bond acceptors (Lipinski definition) is 5. The SMILES string of the molecule is CCN(CC1CCC1)C(=O)c1sc(NC(C)(C)C)nc1N. The Balaban J connectivity index is 2.09. The zero-order chi connectivity index (χ0) is 15.6. The van der Waals surface area contributed by atoms with Crippen molar-refractivity contribution in [3.05, 3.63) is 4.88 Å².